The first-order valence-electron chi connectivity index (χ1n) is 10.1. The van der Waals surface area contributed by atoms with Gasteiger partial charge >= 0.3 is 12.7 Å². The second-order valence-electron chi connectivity index (χ2n) is 8.48. The lowest BCUT2D eigenvalue weighted by Gasteiger charge is -2.19. The van der Waals surface area contributed by atoms with Crippen molar-refractivity contribution in [1.29, 1.82) is 0 Å². The van der Waals surface area contributed by atoms with Gasteiger partial charge in [-0.15, -0.1) is 0 Å². The van der Waals surface area contributed by atoms with Gasteiger partial charge in [0.1, 0.15) is 22.9 Å². The van der Waals surface area contributed by atoms with Crippen LogP contribution in [0.25, 0.3) is 33.4 Å². The van der Waals surface area contributed by atoms with Crippen LogP contribution in [0.4, 0.5) is 23.7 Å². The van der Waals surface area contributed by atoms with Crippen molar-refractivity contribution in [3.63, 3.8) is 0 Å². The van der Waals surface area contributed by atoms with Crippen molar-refractivity contribution in [3.8, 4) is 28.3 Å². The Balaban J connectivity index is 1.94. The summed E-state index contributed by atoms with van der Waals surface area (Å²) in [6.45, 7) is 1.93. The van der Waals surface area contributed by atoms with E-state index in [9.17, 15) is 18.0 Å². The van der Waals surface area contributed by atoms with Crippen LogP contribution in [-0.2, 0) is 11.8 Å². The van der Waals surface area contributed by atoms with Gasteiger partial charge in [-0.25, -0.2) is 9.18 Å². The summed E-state index contributed by atoms with van der Waals surface area (Å²) in [6, 6.07) is 3.49. The van der Waals surface area contributed by atoms with Gasteiger partial charge in [-0.05, 0) is 32.9 Å². The number of anilines is 1. The molecule has 3 heterocycles. The number of carbonyl (C=O) groups is 1. The third kappa shape index (κ3) is 4.51. The van der Waals surface area contributed by atoms with Crippen molar-refractivity contribution >= 4 is 22.7 Å². The number of carbonyl (C=O) groups excluding carboxylic acids is 1. The lowest BCUT2D eigenvalue weighted by Crippen LogP contribution is -2.27. The molecule has 0 aliphatic heterocycles. The Morgan fingerprint density at radius 2 is 1.91 bits per heavy atom. The molecule has 0 atom stereocenters. The molecule has 0 radical (unpaired) electrons. The summed E-state index contributed by atoms with van der Waals surface area (Å²) in [5, 5.41) is 8.90. The standard InChI is InChI=1S/C22H21F3N6O3/c1-22(2,3)34-21(32)31-16-9-27-15(7-13(16)19(29-31)11-8-28-30(4)10-11)18-14(23)5-12(26)6-17(18)33-20(24)25/h5-10,20H,26H2,1-4H3. The number of aromatic nitrogens is 5. The first kappa shape index (κ1) is 23.1. The molecule has 12 heteroatoms. The number of hydrogen-bond acceptors (Lipinski definition) is 7. The van der Waals surface area contributed by atoms with Gasteiger partial charge in [0, 0.05) is 35.9 Å². The fourth-order valence-corrected chi connectivity index (χ4v) is 3.39. The van der Waals surface area contributed by atoms with Crippen LogP contribution in [0, 0.1) is 5.82 Å². The van der Waals surface area contributed by atoms with E-state index in [1.807, 2.05) is 0 Å². The molecule has 9 nitrogen and oxygen atoms in total. The summed E-state index contributed by atoms with van der Waals surface area (Å²) in [5.74, 6) is -1.37. The Kier molecular flexibility index (Phi) is 5.67. The molecule has 178 valence electrons. The van der Waals surface area contributed by atoms with E-state index in [1.165, 1.54) is 18.5 Å². The topological polar surface area (TPSA) is 110 Å². The van der Waals surface area contributed by atoms with Crippen molar-refractivity contribution in [2.45, 2.75) is 33.0 Å². The molecule has 3 aromatic heterocycles. The summed E-state index contributed by atoms with van der Waals surface area (Å²) >= 11 is 0. The van der Waals surface area contributed by atoms with Gasteiger partial charge in [-0.3, -0.25) is 9.67 Å². The maximum atomic E-state index is 14.8. The zero-order chi connectivity index (χ0) is 24.8. The predicted octanol–water partition coefficient (Wildman–Crippen LogP) is 4.60. The number of nitrogens with two attached hydrogens (primary N) is 1. The van der Waals surface area contributed by atoms with Crippen molar-refractivity contribution in [1.82, 2.24) is 24.5 Å². The Labute approximate surface area is 191 Å². The van der Waals surface area contributed by atoms with Gasteiger partial charge in [-0.1, -0.05) is 0 Å². The summed E-state index contributed by atoms with van der Waals surface area (Å²) in [5.41, 5.74) is 5.57. The molecule has 1 aromatic carbocycles. The van der Waals surface area contributed by atoms with E-state index in [4.69, 9.17) is 10.5 Å². The second-order valence-corrected chi connectivity index (χ2v) is 8.48. The zero-order valence-electron chi connectivity index (χ0n) is 18.7. The number of nitrogens with zero attached hydrogens (tertiary/aromatic N) is 5. The number of halogens is 3. The van der Waals surface area contributed by atoms with E-state index >= 15 is 0 Å². The van der Waals surface area contributed by atoms with Crippen molar-refractivity contribution in [3.05, 3.63) is 42.6 Å². The maximum Gasteiger partial charge on any atom is 0.435 e. The Morgan fingerprint density at radius 3 is 2.53 bits per heavy atom. The van der Waals surface area contributed by atoms with Crippen LogP contribution < -0.4 is 10.5 Å². The largest absolute Gasteiger partial charge is 0.442 e. The lowest BCUT2D eigenvalue weighted by molar-refractivity contribution is -0.0495. The molecular weight excluding hydrogens is 453 g/mol. The van der Waals surface area contributed by atoms with Crippen LogP contribution in [0.3, 0.4) is 0 Å². The van der Waals surface area contributed by atoms with E-state index in [0.29, 0.717) is 16.6 Å². The predicted molar refractivity (Wildman–Crippen MR) is 118 cm³/mol. The third-order valence-electron chi connectivity index (χ3n) is 4.66. The highest BCUT2D eigenvalue weighted by atomic mass is 19.3. The summed E-state index contributed by atoms with van der Waals surface area (Å²) in [4.78, 5) is 17.0. The third-order valence-corrected chi connectivity index (χ3v) is 4.66. The van der Waals surface area contributed by atoms with Crippen LogP contribution in [0.2, 0.25) is 0 Å². The molecule has 0 unspecified atom stereocenters. The smallest absolute Gasteiger partial charge is 0.435 e. The summed E-state index contributed by atoms with van der Waals surface area (Å²) < 4.78 is 53.3. The monoisotopic (exact) mass is 474 g/mol. The van der Waals surface area contributed by atoms with Crippen LogP contribution in [0.5, 0.6) is 5.75 Å². The number of rotatable bonds is 4. The van der Waals surface area contributed by atoms with Gasteiger partial charge < -0.3 is 15.2 Å². The van der Waals surface area contributed by atoms with E-state index in [1.54, 1.807) is 38.7 Å². The molecule has 4 rings (SSSR count). The molecule has 0 aliphatic rings. The van der Waals surface area contributed by atoms with Crippen LogP contribution in [0.1, 0.15) is 20.8 Å². The number of nitrogen functional groups attached to an aromatic ring is 1. The molecule has 0 amide bonds. The molecule has 4 aromatic rings. The first-order valence-corrected chi connectivity index (χ1v) is 10.1. The fourth-order valence-electron chi connectivity index (χ4n) is 3.39. The molecule has 34 heavy (non-hydrogen) atoms. The second kappa shape index (κ2) is 8.36. The normalized spacial score (nSPS) is 11.9. The van der Waals surface area contributed by atoms with E-state index in [-0.39, 0.29) is 22.5 Å². The molecule has 0 saturated heterocycles. The van der Waals surface area contributed by atoms with Crippen LogP contribution >= 0.6 is 0 Å². The van der Waals surface area contributed by atoms with Crippen LogP contribution in [0.15, 0.2) is 36.8 Å². The number of ether oxygens (including phenoxy) is 2. The molecule has 0 bridgehead atoms. The van der Waals surface area contributed by atoms with Crippen molar-refractivity contribution in [2.24, 2.45) is 7.05 Å². The Bertz CT molecular complexity index is 1390. The lowest BCUT2D eigenvalue weighted by atomic mass is 10.1. The SMILES string of the molecule is Cn1cc(-c2nn(C(=O)OC(C)(C)C)c3cnc(-c4c(F)cc(N)cc4OC(F)F)cc23)cn1. The minimum atomic E-state index is -3.20. The highest BCUT2D eigenvalue weighted by molar-refractivity contribution is 5.99. The minimum absolute atomic E-state index is 0.0190. The molecule has 0 spiro atoms. The Morgan fingerprint density at radius 1 is 1.18 bits per heavy atom. The summed E-state index contributed by atoms with van der Waals surface area (Å²) in [6.07, 6.45) is 3.75. The van der Waals surface area contributed by atoms with Crippen molar-refractivity contribution < 1.29 is 27.4 Å². The average molecular weight is 474 g/mol. The Hall–Kier alpha value is -4.09. The number of alkyl halides is 2. The van der Waals surface area contributed by atoms with Crippen LogP contribution in [-0.4, -0.2) is 42.9 Å². The number of aryl methyl sites for hydroxylation is 1. The quantitative estimate of drug-likeness (QED) is 0.430. The molecule has 2 N–H and O–H groups in total. The summed E-state index contributed by atoms with van der Waals surface area (Å²) in [7, 11) is 1.71. The van der Waals surface area contributed by atoms with Gasteiger partial charge in [0.15, 0.2) is 0 Å². The number of fused-ring (bicyclic) bond motifs is 1. The van der Waals surface area contributed by atoms with E-state index in [2.05, 4.69) is 19.9 Å². The fraction of sp³-hybridized carbons (Fsp3) is 0.273. The van der Waals surface area contributed by atoms with Gasteiger partial charge in [0.05, 0.1) is 29.2 Å². The highest BCUT2D eigenvalue weighted by Crippen LogP contribution is 2.37. The van der Waals surface area contributed by atoms with Crippen molar-refractivity contribution in [2.75, 3.05) is 5.73 Å². The zero-order valence-corrected chi connectivity index (χ0v) is 18.7. The van der Waals surface area contributed by atoms with Gasteiger partial charge in [0.2, 0.25) is 0 Å². The van der Waals surface area contributed by atoms with E-state index in [0.717, 1.165) is 16.8 Å². The van der Waals surface area contributed by atoms with Gasteiger partial charge in [-0.2, -0.15) is 23.7 Å². The highest BCUT2D eigenvalue weighted by Gasteiger charge is 2.25. The molecular formula is C22H21F3N6O3. The maximum absolute atomic E-state index is 14.8. The van der Waals surface area contributed by atoms with Gasteiger partial charge in [0.25, 0.3) is 0 Å². The molecule has 0 saturated carbocycles. The molecule has 0 fully saturated rings. The number of benzene rings is 1. The number of pyridine rings is 1. The van der Waals surface area contributed by atoms with E-state index < -0.39 is 29.9 Å². The number of hydrogen-bond donors (Lipinski definition) is 1. The molecule has 0 aliphatic carbocycles. The first-order chi connectivity index (χ1) is 15.9. The minimum Gasteiger partial charge on any atom is -0.442 e. The average Bonchev–Trinajstić information content (AvgIpc) is 3.29.